The Kier molecular flexibility index (Phi) is 4.38. The number of aromatic nitrogens is 4. The maximum absolute atomic E-state index is 12.0. The third-order valence-electron chi connectivity index (χ3n) is 2.88. The van der Waals surface area contributed by atoms with Crippen molar-refractivity contribution in [2.45, 2.75) is 39.7 Å². The van der Waals surface area contributed by atoms with Crippen LogP contribution in [0.25, 0.3) is 11.5 Å². The highest BCUT2D eigenvalue weighted by Gasteiger charge is 2.14. The summed E-state index contributed by atoms with van der Waals surface area (Å²) in [6.07, 6.45) is 5.28. The fourth-order valence-corrected chi connectivity index (χ4v) is 2.45. The Bertz CT molecular complexity index is 630. The molecule has 5 nitrogen and oxygen atoms in total. The Morgan fingerprint density at radius 3 is 2.84 bits per heavy atom. The van der Waals surface area contributed by atoms with Gasteiger partial charge in [-0.2, -0.15) is 0 Å². The summed E-state index contributed by atoms with van der Waals surface area (Å²) < 4.78 is 2.68. The molecule has 2 rings (SSSR count). The molecule has 0 saturated carbocycles. The van der Waals surface area contributed by atoms with Crippen molar-refractivity contribution in [1.82, 2.24) is 19.5 Å². The van der Waals surface area contributed by atoms with Crippen molar-refractivity contribution in [1.29, 1.82) is 0 Å². The molecule has 0 atom stereocenters. The maximum Gasteiger partial charge on any atom is 0.264 e. The van der Waals surface area contributed by atoms with Crippen LogP contribution < -0.4 is 5.56 Å². The number of aromatic amines is 1. The van der Waals surface area contributed by atoms with E-state index in [1.807, 2.05) is 4.57 Å². The Labute approximate surface area is 125 Å². The SMILES string of the molecule is CCCc1nc(-c2cncn2C(C)C)[nH]c(=O)c1I. The quantitative estimate of drug-likeness (QED) is 0.840. The van der Waals surface area contributed by atoms with E-state index in [0.717, 1.165) is 24.2 Å². The molecule has 0 aromatic carbocycles. The number of imidazole rings is 1. The molecule has 2 heterocycles. The number of rotatable bonds is 4. The fourth-order valence-electron chi connectivity index (χ4n) is 1.93. The zero-order chi connectivity index (χ0) is 14.0. The molecule has 6 heteroatoms. The van der Waals surface area contributed by atoms with E-state index in [4.69, 9.17) is 0 Å². The highest BCUT2D eigenvalue weighted by atomic mass is 127. The molecular weight excluding hydrogens is 355 g/mol. The predicted octanol–water partition coefficient (Wildman–Crippen LogP) is 2.77. The van der Waals surface area contributed by atoms with Crippen LogP contribution in [0, 0.1) is 3.57 Å². The smallest absolute Gasteiger partial charge is 0.264 e. The Balaban J connectivity index is 2.56. The van der Waals surface area contributed by atoms with Crippen LogP contribution in [0.15, 0.2) is 17.3 Å². The summed E-state index contributed by atoms with van der Waals surface area (Å²) in [4.78, 5) is 23.5. The van der Waals surface area contributed by atoms with Gasteiger partial charge in [-0.15, -0.1) is 0 Å². The number of nitrogens with one attached hydrogen (secondary N) is 1. The van der Waals surface area contributed by atoms with Gasteiger partial charge in [-0.3, -0.25) is 4.79 Å². The summed E-state index contributed by atoms with van der Waals surface area (Å²) in [6.45, 7) is 6.23. The van der Waals surface area contributed by atoms with Crippen molar-refractivity contribution >= 4 is 22.6 Å². The molecule has 0 spiro atoms. The van der Waals surface area contributed by atoms with E-state index in [-0.39, 0.29) is 11.6 Å². The number of hydrogen-bond acceptors (Lipinski definition) is 3. The van der Waals surface area contributed by atoms with Gasteiger partial charge in [-0.05, 0) is 42.9 Å². The summed E-state index contributed by atoms with van der Waals surface area (Å²) in [5.74, 6) is 0.597. The summed E-state index contributed by atoms with van der Waals surface area (Å²) in [6, 6.07) is 0.275. The summed E-state index contributed by atoms with van der Waals surface area (Å²) in [5, 5.41) is 0. The molecule has 0 unspecified atom stereocenters. The molecule has 102 valence electrons. The van der Waals surface area contributed by atoms with E-state index < -0.39 is 0 Å². The van der Waals surface area contributed by atoms with Gasteiger partial charge in [0.15, 0.2) is 5.82 Å². The average Bonchev–Trinajstić information content (AvgIpc) is 2.84. The van der Waals surface area contributed by atoms with Crippen LogP contribution >= 0.6 is 22.6 Å². The number of halogens is 1. The van der Waals surface area contributed by atoms with Crippen molar-refractivity contribution in [3.8, 4) is 11.5 Å². The number of H-pyrrole nitrogens is 1. The standard InChI is InChI=1S/C13H17IN4O/c1-4-5-9-11(14)13(19)17-12(16-9)10-6-15-7-18(10)8(2)3/h6-8H,4-5H2,1-3H3,(H,16,17,19). The molecule has 0 bridgehead atoms. The zero-order valence-electron chi connectivity index (χ0n) is 11.3. The van der Waals surface area contributed by atoms with E-state index in [2.05, 4.69) is 58.3 Å². The molecule has 0 aliphatic rings. The van der Waals surface area contributed by atoms with Crippen LogP contribution in [0.4, 0.5) is 0 Å². The van der Waals surface area contributed by atoms with Crippen molar-refractivity contribution in [2.24, 2.45) is 0 Å². The second-order valence-corrected chi connectivity index (χ2v) is 5.78. The third kappa shape index (κ3) is 2.88. The van der Waals surface area contributed by atoms with Crippen molar-refractivity contribution in [3.05, 3.63) is 32.1 Å². The van der Waals surface area contributed by atoms with Crippen molar-refractivity contribution < 1.29 is 0 Å². The molecule has 0 amide bonds. The minimum atomic E-state index is -0.0782. The van der Waals surface area contributed by atoms with Gasteiger partial charge >= 0.3 is 0 Å². The van der Waals surface area contributed by atoms with E-state index in [1.165, 1.54) is 0 Å². The first kappa shape index (κ1) is 14.2. The van der Waals surface area contributed by atoms with E-state index in [0.29, 0.717) is 9.39 Å². The molecule has 0 fully saturated rings. The average molecular weight is 372 g/mol. The molecular formula is C13H17IN4O. The first-order valence-electron chi connectivity index (χ1n) is 6.35. The van der Waals surface area contributed by atoms with Gasteiger partial charge < -0.3 is 9.55 Å². The first-order valence-corrected chi connectivity index (χ1v) is 7.43. The number of aryl methyl sites for hydroxylation is 1. The zero-order valence-corrected chi connectivity index (χ0v) is 13.4. The lowest BCUT2D eigenvalue weighted by Gasteiger charge is -2.12. The maximum atomic E-state index is 12.0. The summed E-state index contributed by atoms with van der Waals surface area (Å²) >= 11 is 2.06. The molecule has 0 aliphatic heterocycles. The van der Waals surface area contributed by atoms with Crippen molar-refractivity contribution in [2.75, 3.05) is 0 Å². The second kappa shape index (κ2) is 5.85. The van der Waals surface area contributed by atoms with Gasteiger partial charge in [0.2, 0.25) is 0 Å². The lowest BCUT2D eigenvalue weighted by atomic mass is 10.2. The molecule has 1 N–H and O–H groups in total. The molecule has 2 aromatic rings. The molecule has 0 radical (unpaired) electrons. The third-order valence-corrected chi connectivity index (χ3v) is 4.00. The minimum absolute atomic E-state index is 0.0782. The lowest BCUT2D eigenvalue weighted by molar-refractivity contribution is 0.602. The van der Waals surface area contributed by atoms with E-state index in [1.54, 1.807) is 12.5 Å². The molecule has 0 aliphatic carbocycles. The normalized spacial score (nSPS) is 11.2. The van der Waals surface area contributed by atoms with E-state index >= 15 is 0 Å². The van der Waals surface area contributed by atoms with Crippen LogP contribution in [0.2, 0.25) is 0 Å². The fraction of sp³-hybridized carbons (Fsp3) is 0.462. The number of hydrogen-bond donors (Lipinski definition) is 1. The van der Waals surface area contributed by atoms with E-state index in [9.17, 15) is 4.79 Å². The van der Waals surface area contributed by atoms with Gasteiger partial charge in [0.1, 0.15) is 5.69 Å². The Morgan fingerprint density at radius 2 is 2.21 bits per heavy atom. The second-order valence-electron chi connectivity index (χ2n) is 4.71. The minimum Gasteiger partial charge on any atom is -0.326 e. The van der Waals surface area contributed by atoms with Crippen LogP contribution in [0.1, 0.15) is 38.9 Å². The van der Waals surface area contributed by atoms with Gasteiger partial charge in [0.05, 0.1) is 21.8 Å². The van der Waals surface area contributed by atoms with Crippen LogP contribution in [-0.2, 0) is 6.42 Å². The first-order chi connectivity index (χ1) is 9.04. The summed E-state index contributed by atoms with van der Waals surface area (Å²) in [5.41, 5.74) is 1.63. The lowest BCUT2D eigenvalue weighted by Crippen LogP contribution is -2.17. The van der Waals surface area contributed by atoms with Crippen molar-refractivity contribution in [3.63, 3.8) is 0 Å². The highest BCUT2D eigenvalue weighted by molar-refractivity contribution is 14.1. The molecule has 2 aromatic heterocycles. The van der Waals surface area contributed by atoms with Gasteiger partial charge in [-0.25, -0.2) is 9.97 Å². The van der Waals surface area contributed by atoms with Crippen LogP contribution in [0.3, 0.4) is 0 Å². The Morgan fingerprint density at radius 1 is 1.47 bits per heavy atom. The molecule has 19 heavy (non-hydrogen) atoms. The topological polar surface area (TPSA) is 63.6 Å². The number of nitrogens with zero attached hydrogens (tertiary/aromatic N) is 3. The molecule has 0 saturated heterocycles. The summed E-state index contributed by atoms with van der Waals surface area (Å²) in [7, 11) is 0. The van der Waals surface area contributed by atoms with Crippen LogP contribution in [-0.4, -0.2) is 19.5 Å². The highest BCUT2D eigenvalue weighted by Crippen LogP contribution is 2.19. The largest absolute Gasteiger partial charge is 0.326 e. The van der Waals surface area contributed by atoms with Gasteiger partial charge in [-0.1, -0.05) is 13.3 Å². The Hall–Kier alpha value is -1.18. The predicted molar refractivity (Wildman–Crippen MR) is 83.2 cm³/mol. The van der Waals surface area contributed by atoms with Gasteiger partial charge in [0.25, 0.3) is 5.56 Å². The van der Waals surface area contributed by atoms with Gasteiger partial charge in [0, 0.05) is 6.04 Å². The monoisotopic (exact) mass is 372 g/mol. The van der Waals surface area contributed by atoms with Crippen LogP contribution in [0.5, 0.6) is 0 Å².